The molecule has 2 fully saturated rings. The molecule has 0 bridgehead atoms. The van der Waals surface area contributed by atoms with E-state index < -0.39 is 80.7 Å². The molecule has 11 unspecified atom stereocenters. The van der Waals surface area contributed by atoms with Gasteiger partial charge < -0.3 is 64.2 Å². The second kappa shape index (κ2) is 45.9. The van der Waals surface area contributed by atoms with E-state index in [1.807, 2.05) is 0 Å². The third-order valence-corrected chi connectivity index (χ3v) is 14.5. The van der Waals surface area contributed by atoms with Gasteiger partial charge in [-0.1, -0.05) is 219 Å². The van der Waals surface area contributed by atoms with Crippen LogP contribution in [-0.2, 0) is 33.2 Å². The minimum atomic E-state index is -1.70. The lowest BCUT2D eigenvalue weighted by Crippen LogP contribution is -2.61. The number of hydrogen-bond donors (Lipinski definition) is 7. The van der Waals surface area contributed by atoms with Gasteiger partial charge in [-0.2, -0.15) is 0 Å². The lowest BCUT2D eigenvalue weighted by atomic mass is 9.98. The molecule has 0 spiro atoms. The molecule has 0 radical (unpaired) electrons. The van der Waals surface area contributed by atoms with Gasteiger partial charge >= 0.3 is 5.97 Å². The maximum atomic E-state index is 13.1. The van der Waals surface area contributed by atoms with Crippen molar-refractivity contribution in [2.45, 2.75) is 319 Å². The molecule has 2 aliphatic rings. The largest absolute Gasteiger partial charge is 0.457 e. The van der Waals surface area contributed by atoms with Gasteiger partial charge in [0.15, 0.2) is 12.6 Å². The number of allylic oxidation sites excluding steroid dienone is 2. The first-order chi connectivity index (χ1) is 35.1. The molecule has 2 rings (SSSR count). The van der Waals surface area contributed by atoms with Crippen molar-refractivity contribution in [3.8, 4) is 0 Å². The van der Waals surface area contributed by atoms with Crippen molar-refractivity contribution >= 4 is 5.97 Å². The van der Waals surface area contributed by atoms with E-state index in [9.17, 15) is 40.5 Å². The Kier molecular flexibility index (Phi) is 42.6. The molecule has 14 heteroatoms. The molecule has 0 saturated carbocycles. The molecule has 2 saturated heterocycles. The van der Waals surface area contributed by atoms with Crippen molar-refractivity contribution in [3.05, 3.63) is 12.2 Å². The SMILES string of the molecule is CCCCCCCCCC/C=C\CCCCCCCCCCCCCCCC(=O)OC(COCCCCCCCCCCCCCCC)COC1OC(COC2OC(CO)C(O)C(O)C2O)C(O)C(O)C1O. The van der Waals surface area contributed by atoms with Gasteiger partial charge in [0.25, 0.3) is 0 Å². The van der Waals surface area contributed by atoms with E-state index in [-0.39, 0.29) is 25.6 Å². The van der Waals surface area contributed by atoms with Crippen LogP contribution in [0.1, 0.15) is 251 Å². The highest BCUT2D eigenvalue weighted by molar-refractivity contribution is 5.69. The van der Waals surface area contributed by atoms with Gasteiger partial charge in [-0.15, -0.1) is 0 Å². The monoisotopic (exact) mass is 1030 g/mol. The minimum absolute atomic E-state index is 0.0682. The molecule has 14 nitrogen and oxygen atoms in total. The number of unbranched alkanes of at least 4 members (excludes halogenated alkanes) is 33. The lowest BCUT2D eigenvalue weighted by molar-refractivity contribution is -0.332. The van der Waals surface area contributed by atoms with Crippen molar-refractivity contribution < 1.29 is 69.0 Å². The van der Waals surface area contributed by atoms with Crippen LogP contribution in [-0.4, -0.2) is 142 Å². The Morgan fingerprint density at radius 3 is 1.26 bits per heavy atom. The van der Waals surface area contributed by atoms with E-state index >= 15 is 0 Å². The van der Waals surface area contributed by atoms with Gasteiger partial charge in [-0.25, -0.2) is 0 Å². The van der Waals surface area contributed by atoms with E-state index in [1.54, 1.807) is 0 Å². The Morgan fingerprint density at radius 2 is 0.819 bits per heavy atom. The van der Waals surface area contributed by atoms with Crippen molar-refractivity contribution in [3.63, 3.8) is 0 Å². The van der Waals surface area contributed by atoms with Crippen molar-refractivity contribution in [1.29, 1.82) is 0 Å². The molecular weight excluding hydrogens is 921 g/mol. The molecule has 0 aromatic carbocycles. The first-order valence-electron chi connectivity index (χ1n) is 29.8. The summed E-state index contributed by atoms with van der Waals surface area (Å²) in [4.78, 5) is 13.1. The molecule has 72 heavy (non-hydrogen) atoms. The average molecular weight is 1030 g/mol. The fourth-order valence-electron chi connectivity index (χ4n) is 9.69. The first kappa shape index (κ1) is 66.8. The van der Waals surface area contributed by atoms with Gasteiger partial charge in [-0.3, -0.25) is 4.79 Å². The number of aliphatic hydroxyl groups is 7. The summed E-state index contributed by atoms with van der Waals surface area (Å²) in [7, 11) is 0. The molecular formula is C58H110O14. The smallest absolute Gasteiger partial charge is 0.306 e. The summed E-state index contributed by atoms with van der Waals surface area (Å²) in [6, 6.07) is 0. The van der Waals surface area contributed by atoms with E-state index in [1.165, 1.54) is 186 Å². The van der Waals surface area contributed by atoms with Crippen LogP contribution in [0.15, 0.2) is 12.2 Å². The summed E-state index contributed by atoms with van der Waals surface area (Å²) in [5.74, 6) is -0.370. The predicted octanol–water partition coefficient (Wildman–Crippen LogP) is 10.6. The molecule has 0 aromatic rings. The van der Waals surface area contributed by atoms with Gasteiger partial charge in [0.05, 0.1) is 26.4 Å². The molecule has 7 N–H and O–H groups in total. The second-order valence-corrected chi connectivity index (χ2v) is 21.2. The van der Waals surface area contributed by atoms with Gasteiger partial charge in [0.2, 0.25) is 0 Å². The number of aliphatic hydroxyl groups excluding tert-OH is 7. The normalized spacial score (nSPS) is 25.1. The summed E-state index contributed by atoms with van der Waals surface area (Å²) in [5.41, 5.74) is 0. The summed E-state index contributed by atoms with van der Waals surface area (Å²) in [5, 5.41) is 72.3. The summed E-state index contributed by atoms with van der Waals surface area (Å²) in [6.07, 6.45) is 34.2. The number of carbonyl (C=O) groups is 1. The van der Waals surface area contributed by atoms with Crippen LogP contribution in [0, 0.1) is 0 Å². The third kappa shape index (κ3) is 32.3. The van der Waals surface area contributed by atoms with Gasteiger partial charge in [-0.05, 0) is 38.5 Å². The molecule has 11 atom stereocenters. The minimum Gasteiger partial charge on any atom is -0.457 e. The molecule has 0 amide bonds. The fourth-order valence-corrected chi connectivity index (χ4v) is 9.69. The molecule has 426 valence electrons. The lowest BCUT2D eigenvalue weighted by Gasteiger charge is -2.42. The standard InChI is InChI=1S/C58H110O14/c1-3-5-7-9-11-13-15-17-18-19-20-21-22-23-24-25-26-27-28-29-31-33-35-37-39-41-50(60)70-47(44-67-42-40-38-36-34-32-30-16-14-12-10-8-6-4-2)45-68-57-56(66)54(64)52(62)49(72-57)46-69-58-55(65)53(63)51(61)48(43-59)71-58/h19-20,47-49,51-59,61-66H,3-18,21-46H2,1-2H3/b20-19-. The second-order valence-electron chi connectivity index (χ2n) is 21.2. The zero-order valence-corrected chi connectivity index (χ0v) is 45.7. The zero-order chi connectivity index (χ0) is 52.3. The summed E-state index contributed by atoms with van der Waals surface area (Å²) in [6.45, 7) is 3.74. The van der Waals surface area contributed by atoms with Crippen molar-refractivity contribution in [2.24, 2.45) is 0 Å². The van der Waals surface area contributed by atoms with Crippen molar-refractivity contribution in [1.82, 2.24) is 0 Å². The van der Waals surface area contributed by atoms with Crippen LogP contribution >= 0.6 is 0 Å². The fraction of sp³-hybridized carbons (Fsp3) is 0.948. The zero-order valence-electron chi connectivity index (χ0n) is 45.7. The Labute approximate surface area is 437 Å². The maximum Gasteiger partial charge on any atom is 0.306 e. The first-order valence-corrected chi connectivity index (χ1v) is 29.8. The van der Waals surface area contributed by atoms with Crippen LogP contribution in [0.25, 0.3) is 0 Å². The molecule has 0 aliphatic carbocycles. The van der Waals surface area contributed by atoms with Crippen LogP contribution in [0.5, 0.6) is 0 Å². The van der Waals surface area contributed by atoms with Gasteiger partial charge in [0.1, 0.15) is 54.9 Å². The summed E-state index contributed by atoms with van der Waals surface area (Å²) < 4.78 is 34.4. The number of esters is 1. The van der Waals surface area contributed by atoms with E-state index in [2.05, 4.69) is 26.0 Å². The number of rotatable bonds is 49. The Morgan fingerprint density at radius 1 is 0.444 bits per heavy atom. The van der Waals surface area contributed by atoms with Crippen LogP contribution in [0.3, 0.4) is 0 Å². The molecule has 2 heterocycles. The predicted molar refractivity (Wildman–Crippen MR) is 284 cm³/mol. The number of hydrogen-bond acceptors (Lipinski definition) is 14. The molecule has 0 aromatic heterocycles. The summed E-state index contributed by atoms with van der Waals surface area (Å²) >= 11 is 0. The number of ether oxygens (including phenoxy) is 6. The highest BCUT2D eigenvalue weighted by Crippen LogP contribution is 2.27. The Hall–Kier alpha value is -1.27. The van der Waals surface area contributed by atoms with E-state index in [4.69, 9.17) is 28.4 Å². The third-order valence-electron chi connectivity index (χ3n) is 14.5. The quantitative estimate of drug-likeness (QED) is 0.0172. The van der Waals surface area contributed by atoms with E-state index in [0.717, 1.165) is 38.5 Å². The number of carbonyl (C=O) groups excluding carboxylic acids is 1. The Balaban J connectivity index is 1.66. The van der Waals surface area contributed by atoms with Crippen LogP contribution in [0.2, 0.25) is 0 Å². The van der Waals surface area contributed by atoms with Crippen molar-refractivity contribution in [2.75, 3.05) is 33.0 Å². The van der Waals surface area contributed by atoms with Crippen LogP contribution in [0.4, 0.5) is 0 Å². The van der Waals surface area contributed by atoms with E-state index in [0.29, 0.717) is 13.0 Å². The Bertz CT molecular complexity index is 1240. The average Bonchev–Trinajstić information content (AvgIpc) is 3.38. The maximum absolute atomic E-state index is 13.1. The topological polar surface area (TPSA) is 214 Å². The highest BCUT2D eigenvalue weighted by atomic mass is 16.7. The van der Waals surface area contributed by atoms with Crippen LogP contribution < -0.4 is 0 Å². The molecule has 2 aliphatic heterocycles. The van der Waals surface area contributed by atoms with Gasteiger partial charge in [0, 0.05) is 13.0 Å². The highest BCUT2D eigenvalue weighted by Gasteiger charge is 2.47.